The standard InChI is InChI=1S/C16H22N6O2/c1-3-13(15(23)19-14-11-12(2)24-20-14)21-7-9-22(10-8-21)16-17-5-4-6-18-16/h4-6,11,13H,3,7-10H2,1-2H3,(H,19,20,23)/t13-/m1/s1. The molecule has 24 heavy (non-hydrogen) atoms. The van der Waals surface area contributed by atoms with Crippen LogP contribution in [0.5, 0.6) is 0 Å². The lowest BCUT2D eigenvalue weighted by molar-refractivity contribution is -0.121. The maximum atomic E-state index is 12.5. The van der Waals surface area contributed by atoms with E-state index < -0.39 is 0 Å². The number of nitrogens with one attached hydrogen (secondary N) is 1. The molecule has 1 aliphatic rings. The fourth-order valence-corrected chi connectivity index (χ4v) is 2.93. The minimum Gasteiger partial charge on any atom is -0.360 e. The van der Waals surface area contributed by atoms with Gasteiger partial charge in [0.2, 0.25) is 11.9 Å². The van der Waals surface area contributed by atoms with Crippen LogP contribution in [-0.2, 0) is 4.79 Å². The highest BCUT2D eigenvalue weighted by atomic mass is 16.5. The van der Waals surface area contributed by atoms with Crippen molar-refractivity contribution >= 4 is 17.7 Å². The first-order valence-electron chi connectivity index (χ1n) is 8.17. The molecule has 0 bridgehead atoms. The molecule has 1 fully saturated rings. The highest BCUT2D eigenvalue weighted by Crippen LogP contribution is 2.15. The van der Waals surface area contributed by atoms with Crippen molar-refractivity contribution in [2.24, 2.45) is 0 Å². The van der Waals surface area contributed by atoms with Gasteiger partial charge >= 0.3 is 0 Å². The van der Waals surface area contributed by atoms with Crippen molar-refractivity contribution in [3.05, 3.63) is 30.3 Å². The van der Waals surface area contributed by atoms with Gasteiger partial charge in [-0.3, -0.25) is 9.69 Å². The Kier molecular flexibility index (Phi) is 5.05. The van der Waals surface area contributed by atoms with E-state index in [4.69, 9.17) is 4.52 Å². The average molecular weight is 330 g/mol. The zero-order valence-electron chi connectivity index (χ0n) is 14.0. The van der Waals surface area contributed by atoms with Crippen molar-refractivity contribution < 1.29 is 9.32 Å². The first-order valence-corrected chi connectivity index (χ1v) is 8.17. The van der Waals surface area contributed by atoms with E-state index in [1.807, 2.05) is 13.0 Å². The number of hydrogen-bond acceptors (Lipinski definition) is 7. The first-order chi connectivity index (χ1) is 11.7. The first kappa shape index (κ1) is 16.4. The number of hydrogen-bond donors (Lipinski definition) is 1. The molecule has 1 saturated heterocycles. The van der Waals surface area contributed by atoms with Crippen LogP contribution in [0.1, 0.15) is 19.1 Å². The summed E-state index contributed by atoms with van der Waals surface area (Å²) in [6.07, 6.45) is 4.23. The number of aryl methyl sites for hydroxylation is 1. The van der Waals surface area contributed by atoms with Crippen molar-refractivity contribution in [1.29, 1.82) is 0 Å². The van der Waals surface area contributed by atoms with Crippen molar-refractivity contribution in [1.82, 2.24) is 20.0 Å². The zero-order chi connectivity index (χ0) is 16.9. The van der Waals surface area contributed by atoms with E-state index in [1.165, 1.54) is 0 Å². The summed E-state index contributed by atoms with van der Waals surface area (Å²) in [5, 5.41) is 6.65. The number of nitrogens with zero attached hydrogens (tertiary/aromatic N) is 5. The van der Waals surface area contributed by atoms with E-state index in [0.717, 1.165) is 38.5 Å². The van der Waals surface area contributed by atoms with Crippen LogP contribution in [0.3, 0.4) is 0 Å². The van der Waals surface area contributed by atoms with Gasteiger partial charge in [0.1, 0.15) is 5.76 Å². The van der Waals surface area contributed by atoms with Crippen LogP contribution in [0.2, 0.25) is 0 Å². The predicted octanol–water partition coefficient (Wildman–Crippen LogP) is 1.31. The highest BCUT2D eigenvalue weighted by molar-refractivity contribution is 5.94. The summed E-state index contributed by atoms with van der Waals surface area (Å²) in [6, 6.07) is 3.35. The molecule has 128 valence electrons. The van der Waals surface area contributed by atoms with Crippen LogP contribution in [0.4, 0.5) is 11.8 Å². The lowest BCUT2D eigenvalue weighted by Gasteiger charge is -2.38. The van der Waals surface area contributed by atoms with E-state index in [1.54, 1.807) is 25.4 Å². The van der Waals surface area contributed by atoms with Crippen molar-refractivity contribution in [3.63, 3.8) is 0 Å². The van der Waals surface area contributed by atoms with Crippen molar-refractivity contribution in [2.75, 3.05) is 36.4 Å². The molecule has 3 rings (SSSR count). The number of carbonyl (C=O) groups is 1. The monoisotopic (exact) mass is 330 g/mol. The van der Waals surface area contributed by atoms with Gasteiger partial charge in [0.25, 0.3) is 0 Å². The van der Waals surface area contributed by atoms with Gasteiger partial charge in [-0.1, -0.05) is 12.1 Å². The minimum absolute atomic E-state index is 0.0461. The molecule has 1 atom stereocenters. The Morgan fingerprint density at radius 3 is 2.58 bits per heavy atom. The molecule has 0 saturated carbocycles. The van der Waals surface area contributed by atoms with E-state index in [-0.39, 0.29) is 11.9 Å². The van der Waals surface area contributed by atoms with Gasteiger partial charge in [-0.05, 0) is 19.4 Å². The van der Waals surface area contributed by atoms with Crippen LogP contribution in [0.25, 0.3) is 0 Å². The Morgan fingerprint density at radius 1 is 1.29 bits per heavy atom. The summed E-state index contributed by atoms with van der Waals surface area (Å²) in [6.45, 7) is 7.01. The zero-order valence-corrected chi connectivity index (χ0v) is 14.0. The van der Waals surface area contributed by atoms with Crippen LogP contribution in [0.15, 0.2) is 29.0 Å². The largest absolute Gasteiger partial charge is 0.360 e. The molecule has 0 aromatic carbocycles. The molecule has 3 heterocycles. The second kappa shape index (κ2) is 7.39. The van der Waals surface area contributed by atoms with E-state index in [0.29, 0.717) is 11.6 Å². The maximum Gasteiger partial charge on any atom is 0.242 e. The van der Waals surface area contributed by atoms with E-state index in [9.17, 15) is 4.79 Å². The maximum absolute atomic E-state index is 12.5. The predicted molar refractivity (Wildman–Crippen MR) is 89.8 cm³/mol. The molecule has 8 heteroatoms. The summed E-state index contributed by atoms with van der Waals surface area (Å²) in [5.74, 6) is 1.84. The van der Waals surface area contributed by atoms with Crippen molar-refractivity contribution in [2.45, 2.75) is 26.3 Å². The van der Waals surface area contributed by atoms with Crippen LogP contribution < -0.4 is 10.2 Å². The van der Waals surface area contributed by atoms with Gasteiger partial charge in [-0.25, -0.2) is 9.97 Å². The molecule has 0 unspecified atom stereocenters. The van der Waals surface area contributed by atoms with Gasteiger partial charge in [0.05, 0.1) is 6.04 Å². The van der Waals surface area contributed by atoms with Crippen LogP contribution in [-0.4, -0.2) is 58.2 Å². The van der Waals surface area contributed by atoms with Gasteiger partial charge in [0.15, 0.2) is 5.82 Å². The highest BCUT2D eigenvalue weighted by Gasteiger charge is 2.28. The second-order valence-electron chi connectivity index (χ2n) is 5.81. The topological polar surface area (TPSA) is 87.4 Å². The molecule has 0 aliphatic carbocycles. The normalized spacial score (nSPS) is 16.8. The molecule has 0 spiro atoms. The number of piperazine rings is 1. The molecule has 2 aromatic rings. The van der Waals surface area contributed by atoms with Crippen LogP contribution >= 0.6 is 0 Å². The van der Waals surface area contributed by atoms with Crippen LogP contribution in [0, 0.1) is 6.92 Å². The molecule has 1 N–H and O–H groups in total. The molecular weight excluding hydrogens is 308 g/mol. The number of amides is 1. The molecule has 1 amide bonds. The second-order valence-corrected chi connectivity index (χ2v) is 5.81. The minimum atomic E-state index is -0.180. The third-order valence-corrected chi connectivity index (χ3v) is 4.16. The van der Waals surface area contributed by atoms with Gasteiger partial charge in [-0.2, -0.15) is 0 Å². The van der Waals surface area contributed by atoms with Gasteiger partial charge in [0, 0.05) is 44.6 Å². The fourth-order valence-electron chi connectivity index (χ4n) is 2.93. The number of aromatic nitrogens is 3. The Balaban J connectivity index is 1.58. The van der Waals surface area contributed by atoms with E-state index in [2.05, 4.69) is 30.2 Å². The third kappa shape index (κ3) is 3.70. The molecule has 8 nitrogen and oxygen atoms in total. The molecular formula is C16H22N6O2. The molecule has 2 aromatic heterocycles. The number of anilines is 2. The summed E-state index contributed by atoms with van der Waals surface area (Å²) >= 11 is 0. The lowest BCUT2D eigenvalue weighted by Crippen LogP contribution is -2.54. The quantitative estimate of drug-likeness (QED) is 0.884. The van der Waals surface area contributed by atoms with E-state index >= 15 is 0 Å². The SMILES string of the molecule is CC[C@H](C(=O)Nc1cc(C)on1)N1CCN(c2ncccn2)CC1. The fraction of sp³-hybridized carbons (Fsp3) is 0.500. The van der Waals surface area contributed by atoms with Gasteiger partial charge < -0.3 is 14.7 Å². The third-order valence-electron chi connectivity index (χ3n) is 4.16. The molecule has 0 radical (unpaired) electrons. The Morgan fingerprint density at radius 2 is 2.00 bits per heavy atom. The number of carbonyl (C=O) groups excluding carboxylic acids is 1. The summed E-state index contributed by atoms with van der Waals surface area (Å²) in [5.41, 5.74) is 0. The average Bonchev–Trinajstić information content (AvgIpc) is 3.02. The van der Waals surface area contributed by atoms with Crippen molar-refractivity contribution in [3.8, 4) is 0 Å². The van der Waals surface area contributed by atoms with Gasteiger partial charge in [-0.15, -0.1) is 0 Å². The Bertz CT molecular complexity index is 666. The summed E-state index contributed by atoms with van der Waals surface area (Å²) in [4.78, 5) is 25.4. The summed E-state index contributed by atoms with van der Waals surface area (Å²) in [7, 11) is 0. The Hall–Kier alpha value is -2.48. The Labute approximate surface area is 140 Å². The molecule has 1 aliphatic heterocycles. The lowest BCUT2D eigenvalue weighted by atomic mass is 10.1. The number of rotatable bonds is 5. The smallest absolute Gasteiger partial charge is 0.242 e. The summed E-state index contributed by atoms with van der Waals surface area (Å²) < 4.78 is 4.99.